The van der Waals surface area contributed by atoms with E-state index in [1.54, 1.807) is 0 Å². The summed E-state index contributed by atoms with van der Waals surface area (Å²) in [6.07, 6.45) is 0. The summed E-state index contributed by atoms with van der Waals surface area (Å²) in [5.41, 5.74) is 2.88. The number of rotatable bonds is 4. The second-order valence-electron chi connectivity index (χ2n) is 5.65. The van der Waals surface area contributed by atoms with Gasteiger partial charge in [-0.25, -0.2) is 4.98 Å². The van der Waals surface area contributed by atoms with Crippen molar-refractivity contribution in [1.29, 1.82) is 0 Å². The van der Waals surface area contributed by atoms with Gasteiger partial charge in [-0.1, -0.05) is 30.3 Å². The Balaban J connectivity index is 1.66. The Hall–Kier alpha value is -2.92. The molecule has 0 spiro atoms. The number of anilines is 1. The first-order valence-electron chi connectivity index (χ1n) is 8.18. The summed E-state index contributed by atoms with van der Waals surface area (Å²) in [4.78, 5) is 18.9. The van der Waals surface area contributed by atoms with Gasteiger partial charge in [-0.05, 0) is 43.3 Å². The van der Waals surface area contributed by atoms with Gasteiger partial charge in [0.2, 0.25) is 0 Å². The highest BCUT2D eigenvalue weighted by atomic mass is 32.1. The predicted molar refractivity (Wildman–Crippen MR) is 103 cm³/mol. The molecule has 0 aliphatic rings. The number of hydrogen-bond donors (Lipinski definition) is 1. The topological polar surface area (TPSA) is 46.9 Å². The van der Waals surface area contributed by atoms with E-state index in [1.807, 2.05) is 60.7 Å². The van der Waals surface area contributed by atoms with Gasteiger partial charge >= 0.3 is 0 Å². The summed E-state index contributed by atoms with van der Waals surface area (Å²) < 4.78 is 2.18. The van der Waals surface area contributed by atoms with Gasteiger partial charge in [-0.3, -0.25) is 4.79 Å². The zero-order valence-corrected chi connectivity index (χ0v) is 14.6. The first-order chi connectivity index (χ1) is 12.3. The normalized spacial score (nSPS) is 10.9. The van der Waals surface area contributed by atoms with Crippen LogP contribution in [0.3, 0.4) is 0 Å². The van der Waals surface area contributed by atoms with Crippen LogP contribution >= 0.6 is 11.3 Å². The second kappa shape index (κ2) is 6.53. The first kappa shape index (κ1) is 15.6. The lowest BCUT2D eigenvalue weighted by atomic mass is 10.3. The molecular formula is C20H17N3OS. The minimum atomic E-state index is -0.0957. The van der Waals surface area contributed by atoms with Gasteiger partial charge in [0, 0.05) is 12.2 Å². The third-order valence-electron chi connectivity index (χ3n) is 4.05. The summed E-state index contributed by atoms with van der Waals surface area (Å²) in [7, 11) is 0. The van der Waals surface area contributed by atoms with Crippen LogP contribution in [0.5, 0.6) is 0 Å². The number of fused-ring (bicyclic) bond motifs is 1. The number of para-hydroxylation sites is 3. The van der Waals surface area contributed by atoms with E-state index in [0.717, 1.165) is 34.0 Å². The van der Waals surface area contributed by atoms with Crippen LogP contribution in [0.2, 0.25) is 0 Å². The molecule has 2 aromatic carbocycles. The molecule has 0 radical (unpaired) electrons. The fourth-order valence-corrected chi connectivity index (χ4v) is 3.78. The van der Waals surface area contributed by atoms with Crippen LogP contribution in [0, 0.1) is 0 Å². The maximum absolute atomic E-state index is 12.5. The lowest BCUT2D eigenvalue weighted by molar-refractivity contribution is 0.103. The largest absolute Gasteiger partial charge is 0.324 e. The Labute approximate surface area is 149 Å². The molecule has 4 rings (SSSR count). The average molecular weight is 347 g/mol. The summed E-state index contributed by atoms with van der Waals surface area (Å²) >= 11 is 1.46. The van der Waals surface area contributed by atoms with Crippen LogP contribution in [0.4, 0.5) is 5.69 Å². The van der Waals surface area contributed by atoms with Crippen molar-refractivity contribution in [2.45, 2.75) is 13.5 Å². The number of benzene rings is 2. The molecule has 0 aliphatic heterocycles. The molecule has 0 saturated carbocycles. The number of aromatic nitrogens is 2. The van der Waals surface area contributed by atoms with Gasteiger partial charge in [0.25, 0.3) is 5.91 Å². The second-order valence-corrected chi connectivity index (χ2v) is 6.74. The third-order valence-corrected chi connectivity index (χ3v) is 5.13. The zero-order valence-electron chi connectivity index (χ0n) is 13.8. The highest BCUT2D eigenvalue weighted by molar-refractivity contribution is 7.17. The van der Waals surface area contributed by atoms with E-state index in [-0.39, 0.29) is 5.91 Å². The van der Waals surface area contributed by atoms with E-state index >= 15 is 0 Å². The molecule has 2 heterocycles. The summed E-state index contributed by atoms with van der Waals surface area (Å²) in [5, 5.41) is 2.92. The van der Waals surface area contributed by atoms with Crippen molar-refractivity contribution in [1.82, 2.24) is 9.55 Å². The van der Waals surface area contributed by atoms with Crippen molar-refractivity contribution in [3.05, 3.63) is 71.6 Å². The number of imidazole rings is 1. The smallest absolute Gasteiger partial charge is 0.265 e. The van der Waals surface area contributed by atoms with Gasteiger partial charge in [-0.15, -0.1) is 11.3 Å². The number of carbonyl (C=O) groups is 1. The van der Waals surface area contributed by atoms with E-state index in [1.165, 1.54) is 11.3 Å². The van der Waals surface area contributed by atoms with Gasteiger partial charge in [-0.2, -0.15) is 0 Å². The molecule has 1 N–H and O–H groups in total. The molecule has 0 saturated heterocycles. The highest BCUT2D eigenvalue weighted by Gasteiger charge is 2.16. The van der Waals surface area contributed by atoms with Crippen LogP contribution < -0.4 is 5.32 Å². The average Bonchev–Trinajstić information content (AvgIpc) is 3.27. The Morgan fingerprint density at radius 3 is 2.60 bits per heavy atom. The van der Waals surface area contributed by atoms with Crippen molar-refractivity contribution >= 4 is 34.0 Å². The van der Waals surface area contributed by atoms with Gasteiger partial charge < -0.3 is 9.88 Å². The number of hydrogen-bond acceptors (Lipinski definition) is 3. The van der Waals surface area contributed by atoms with Crippen LogP contribution in [-0.2, 0) is 6.54 Å². The Kier molecular flexibility index (Phi) is 4.07. The molecule has 0 bridgehead atoms. The number of nitrogens with zero attached hydrogens (tertiary/aromatic N) is 2. The van der Waals surface area contributed by atoms with E-state index in [0.29, 0.717) is 4.88 Å². The van der Waals surface area contributed by atoms with Crippen molar-refractivity contribution in [3.8, 4) is 10.7 Å². The molecule has 4 aromatic rings. The van der Waals surface area contributed by atoms with Crippen molar-refractivity contribution in [2.24, 2.45) is 0 Å². The summed E-state index contributed by atoms with van der Waals surface area (Å²) in [5.74, 6) is 0.814. The monoisotopic (exact) mass is 347 g/mol. The van der Waals surface area contributed by atoms with E-state index in [4.69, 9.17) is 4.98 Å². The highest BCUT2D eigenvalue weighted by Crippen LogP contribution is 2.31. The van der Waals surface area contributed by atoms with Crippen molar-refractivity contribution < 1.29 is 4.79 Å². The SMILES string of the molecule is CCn1c(-c2ccc(C(=O)Nc3ccccc3)s2)nc2ccccc21. The molecule has 0 atom stereocenters. The van der Waals surface area contributed by atoms with Gasteiger partial charge in [0.15, 0.2) is 5.82 Å². The van der Waals surface area contributed by atoms with Crippen LogP contribution in [-0.4, -0.2) is 15.5 Å². The Bertz CT molecular complexity index is 1030. The Morgan fingerprint density at radius 1 is 1.04 bits per heavy atom. The minimum Gasteiger partial charge on any atom is -0.324 e. The van der Waals surface area contributed by atoms with Crippen molar-refractivity contribution in [2.75, 3.05) is 5.32 Å². The van der Waals surface area contributed by atoms with Gasteiger partial charge in [0.05, 0.1) is 20.8 Å². The predicted octanol–water partition coefficient (Wildman–Crippen LogP) is 5.04. The van der Waals surface area contributed by atoms with E-state index < -0.39 is 0 Å². The first-order valence-corrected chi connectivity index (χ1v) is 9.00. The standard InChI is InChI=1S/C20H17N3OS/c1-2-23-16-11-7-6-10-15(16)22-19(23)17-12-13-18(25-17)20(24)21-14-8-4-3-5-9-14/h3-13H,2H2,1H3,(H,21,24). The molecular weight excluding hydrogens is 330 g/mol. The fourth-order valence-electron chi connectivity index (χ4n) is 2.88. The molecule has 2 aromatic heterocycles. The minimum absolute atomic E-state index is 0.0957. The zero-order chi connectivity index (χ0) is 17.2. The van der Waals surface area contributed by atoms with Crippen LogP contribution in [0.15, 0.2) is 66.7 Å². The van der Waals surface area contributed by atoms with Crippen LogP contribution in [0.25, 0.3) is 21.7 Å². The maximum atomic E-state index is 12.5. The van der Waals surface area contributed by atoms with Gasteiger partial charge in [0.1, 0.15) is 0 Å². The molecule has 5 heteroatoms. The van der Waals surface area contributed by atoms with E-state index in [9.17, 15) is 4.79 Å². The maximum Gasteiger partial charge on any atom is 0.265 e. The number of nitrogens with one attached hydrogen (secondary N) is 1. The molecule has 25 heavy (non-hydrogen) atoms. The third kappa shape index (κ3) is 2.94. The molecule has 0 unspecified atom stereocenters. The lowest BCUT2D eigenvalue weighted by Gasteiger charge is -2.04. The fraction of sp³-hybridized carbons (Fsp3) is 0.100. The number of amides is 1. The molecule has 0 aliphatic carbocycles. The molecule has 1 amide bonds. The van der Waals surface area contributed by atoms with E-state index in [2.05, 4.69) is 22.9 Å². The molecule has 4 nitrogen and oxygen atoms in total. The quantitative estimate of drug-likeness (QED) is 0.562. The summed E-state index contributed by atoms with van der Waals surface area (Å²) in [6, 6.07) is 21.4. The van der Waals surface area contributed by atoms with Crippen LogP contribution in [0.1, 0.15) is 16.6 Å². The molecule has 0 fully saturated rings. The number of thiophene rings is 1. The van der Waals surface area contributed by atoms with Crippen molar-refractivity contribution in [3.63, 3.8) is 0 Å². The summed E-state index contributed by atoms with van der Waals surface area (Å²) in [6.45, 7) is 2.94. The lowest BCUT2D eigenvalue weighted by Crippen LogP contribution is -2.09. The molecule has 124 valence electrons. The Morgan fingerprint density at radius 2 is 1.80 bits per heavy atom. The number of aryl methyl sites for hydroxylation is 1. The number of carbonyl (C=O) groups excluding carboxylic acids is 1.